The molecule has 30 heavy (non-hydrogen) atoms. The summed E-state index contributed by atoms with van der Waals surface area (Å²) in [7, 11) is 1.85. The van der Waals surface area contributed by atoms with E-state index in [1.165, 1.54) is 21.2 Å². The van der Waals surface area contributed by atoms with Crippen molar-refractivity contribution >= 4 is 33.0 Å². The number of nitrogens with zero attached hydrogens (tertiary/aromatic N) is 2. The average molecular weight is 417 g/mol. The summed E-state index contributed by atoms with van der Waals surface area (Å²) in [6.45, 7) is 4.11. The zero-order chi connectivity index (χ0) is 21.3. The summed E-state index contributed by atoms with van der Waals surface area (Å²) in [5, 5.41) is 13.2. The van der Waals surface area contributed by atoms with E-state index < -0.39 is 0 Å². The molecule has 0 N–H and O–H groups in total. The van der Waals surface area contributed by atoms with Gasteiger partial charge < -0.3 is 9.30 Å². The minimum Gasteiger partial charge on any atom is -0.461 e. The number of rotatable bonds is 5. The van der Waals surface area contributed by atoms with Crippen LogP contribution in [0.4, 0.5) is 0 Å². The van der Waals surface area contributed by atoms with Crippen molar-refractivity contribution in [1.29, 1.82) is 5.26 Å². The van der Waals surface area contributed by atoms with Crippen LogP contribution in [0.25, 0.3) is 15.7 Å². The SMILES string of the molecule is CCOC(=O)c1c(C2C=CC(c3cccc4ccsc34)=CC2)c(C#N)c(CC)n1C. The van der Waals surface area contributed by atoms with Crippen molar-refractivity contribution in [3.05, 3.63) is 76.0 Å². The Bertz CT molecular complexity index is 1220. The highest BCUT2D eigenvalue weighted by molar-refractivity contribution is 7.17. The van der Waals surface area contributed by atoms with Gasteiger partial charge in [0.25, 0.3) is 0 Å². The molecule has 0 bridgehead atoms. The molecule has 0 aliphatic heterocycles. The minimum absolute atomic E-state index is 0.0307. The maximum atomic E-state index is 12.7. The van der Waals surface area contributed by atoms with E-state index in [2.05, 4.69) is 53.9 Å². The van der Waals surface area contributed by atoms with Crippen molar-refractivity contribution in [2.75, 3.05) is 6.61 Å². The first kappa shape index (κ1) is 20.2. The molecule has 1 aliphatic rings. The van der Waals surface area contributed by atoms with Crippen molar-refractivity contribution in [1.82, 2.24) is 4.57 Å². The summed E-state index contributed by atoms with van der Waals surface area (Å²) in [5.41, 5.74) is 5.18. The van der Waals surface area contributed by atoms with Crippen LogP contribution in [-0.4, -0.2) is 17.1 Å². The lowest BCUT2D eigenvalue weighted by atomic mass is 9.86. The number of aromatic nitrogens is 1. The average Bonchev–Trinajstić information content (AvgIpc) is 3.35. The van der Waals surface area contributed by atoms with Crippen LogP contribution < -0.4 is 0 Å². The molecule has 1 unspecified atom stereocenters. The molecule has 0 amide bonds. The van der Waals surface area contributed by atoms with Gasteiger partial charge in [-0.2, -0.15) is 5.26 Å². The van der Waals surface area contributed by atoms with Gasteiger partial charge >= 0.3 is 5.97 Å². The van der Waals surface area contributed by atoms with Gasteiger partial charge in [-0.3, -0.25) is 0 Å². The molecule has 0 radical (unpaired) electrons. The van der Waals surface area contributed by atoms with Gasteiger partial charge in [0.1, 0.15) is 11.8 Å². The Labute approximate surface area is 180 Å². The quantitative estimate of drug-likeness (QED) is 0.481. The van der Waals surface area contributed by atoms with Gasteiger partial charge in [-0.15, -0.1) is 11.3 Å². The monoisotopic (exact) mass is 416 g/mol. The molecule has 2 heterocycles. The van der Waals surface area contributed by atoms with Crippen LogP contribution in [0.1, 0.15) is 59.1 Å². The number of thiophene rings is 1. The molecule has 4 nitrogen and oxygen atoms in total. The molecular weight excluding hydrogens is 392 g/mol. The zero-order valence-electron chi connectivity index (χ0n) is 17.4. The molecule has 1 atom stereocenters. The van der Waals surface area contributed by atoms with Crippen molar-refractivity contribution in [2.45, 2.75) is 32.6 Å². The smallest absolute Gasteiger partial charge is 0.355 e. The van der Waals surface area contributed by atoms with Crippen LogP contribution in [0, 0.1) is 11.3 Å². The van der Waals surface area contributed by atoms with Crippen LogP contribution in [0.2, 0.25) is 0 Å². The number of carbonyl (C=O) groups excluding carboxylic acids is 1. The van der Waals surface area contributed by atoms with Crippen LogP contribution in [-0.2, 0) is 18.2 Å². The summed E-state index contributed by atoms with van der Waals surface area (Å²) in [6.07, 6.45) is 7.89. The van der Waals surface area contributed by atoms with Crippen LogP contribution in [0.15, 0.2) is 47.9 Å². The van der Waals surface area contributed by atoms with Crippen molar-refractivity contribution in [3.63, 3.8) is 0 Å². The van der Waals surface area contributed by atoms with Gasteiger partial charge in [-0.05, 0) is 47.7 Å². The molecule has 5 heteroatoms. The van der Waals surface area contributed by atoms with E-state index >= 15 is 0 Å². The number of esters is 1. The molecule has 152 valence electrons. The number of fused-ring (bicyclic) bond motifs is 1. The highest BCUT2D eigenvalue weighted by Crippen LogP contribution is 2.39. The fourth-order valence-corrected chi connectivity index (χ4v) is 5.29. The Morgan fingerprint density at radius 2 is 2.17 bits per heavy atom. The second-order valence-electron chi connectivity index (χ2n) is 7.33. The summed E-state index contributed by atoms with van der Waals surface area (Å²) in [5.74, 6) is -0.394. The van der Waals surface area contributed by atoms with E-state index in [9.17, 15) is 10.1 Å². The number of carbonyl (C=O) groups is 1. The van der Waals surface area contributed by atoms with Gasteiger partial charge in [-0.1, -0.05) is 43.4 Å². The maximum Gasteiger partial charge on any atom is 0.355 e. The number of benzene rings is 1. The topological polar surface area (TPSA) is 55.0 Å². The number of hydrogen-bond donors (Lipinski definition) is 0. The van der Waals surface area contributed by atoms with E-state index in [-0.39, 0.29) is 11.9 Å². The van der Waals surface area contributed by atoms with Gasteiger partial charge in [0.05, 0.1) is 12.2 Å². The zero-order valence-corrected chi connectivity index (χ0v) is 18.3. The first-order valence-corrected chi connectivity index (χ1v) is 11.1. The van der Waals surface area contributed by atoms with E-state index in [4.69, 9.17) is 4.74 Å². The van der Waals surface area contributed by atoms with Crippen LogP contribution in [0.5, 0.6) is 0 Å². The Hall–Kier alpha value is -3.10. The molecule has 4 rings (SSSR count). The second-order valence-corrected chi connectivity index (χ2v) is 8.25. The largest absolute Gasteiger partial charge is 0.461 e. The lowest BCUT2D eigenvalue weighted by Crippen LogP contribution is -2.14. The Kier molecular flexibility index (Phi) is 5.61. The highest BCUT2D eigenvalue weighted by atomic mass is 32.1. The molecule has 1 aromatic carbocycles. The molecule has 0 fully saturated rings. The second kappa shape index (κ2) is 8.33. The van der Waals surface area contributed by atoms with Crippen molar-refractivity contribution in [3.8, 4) is 6.07 Å². The Morgan fingerprint density at radius 1 is 1.33 bits per heavy atom. The third kappa shape index (κ3) is 3.28. The Morgan fingerprint density at radius 3 is 2.83 bits per heavy atom. The molecule has 0 saturated carbocycles. The van der Waals surface area contributed by atoms with Crippen molar-refractivity contribution in [2.24, 2.45) is 7.05 Å². The fraction of sp³-hybridized carbons (Fsp3) is 0.280. The predicted octanol–water partition coefficient (Wildman–Crippen LogP) is 5.98. The molecule has 2 aromatic heterocycles. The number of hydrogen-bond acceptors (Lipinski definition) is 4. The summed E-state index contributed by atoms with van der Waals surface area (Å²) in [6, 6.07) is 10.9. The third-order valence-electron chi connectivity index (χ3n) is 5.73. The van der Waals surface area contributed by atoms with Crippen LogP contribution >= 0.6 is 11.3 Å². The van der Waals surface area contributed by atoms with Gasteiger partial charge in [0.15, 0.2) is 0 Å². The van der Waals surface area contributed by atoms with E-state index in [1.807, 2.05) is 18.5 Å². The molecule has 0 spiro atoms. The lowest BCUT2D eigenvalue weighted by molar-refractivity contribution is 0.0513. The summed E-state index contributed by atoms with van der Waals surface area (Å²) in [4.78, 5) is 12.7. The van der Waals surface area contributed by atoms with E-state index in [1.54, 1.807) is 18.3 Å². The third-order valence-corrected chi connectivity index (χ3v) is 6.69. The van der Waals surface area contributed by atoms with E-state index in [0.717, 1.165) is 17.7 Å². The number of nitriles is 1. The predicted molar refractivity (Wildman–Crippen MR) is 122 cm³/mol. The van der Waals surface area contributed by atoms with Gasteiger partial charge in [0.2, 0.25) is 0 Å². The molecule has 1 aliphatic carbocycles. The summed E-state index contributed by atoms with van der Waals surface area (Å²) >= 11 is 1.75. The highest BCUT2D eigenvalue weighted by Gasteiger charge is 2.30. The number of ether oxygens (including phenoxy) is 1. The van der Waals surface area contributed by atoms with Crippen LogP contribution in [0.3, 0.4) is 0 Å². The lowest BCUT2D eigenvalue weighted by Gasteiger charge is -2.18. The Balaban J connectivity index is 1.75. The fourth-order valence-electron chi connectivity index (χ4n) is 4.36. The molecular formula is C25H24N2O2S. The molecule has 0 saturated heterocycles. The first-order chi connectivity index (χ1) is 14.6. The van der Waals surface area contributed by atoms with Gasteiger partial charge in [-0.25, -0.2) is 4.79 Å². The molecule has 3 aromatic rings. The normalized spacial score (nSPS) is 15.8. The number of allylic oxidation sites excluding steroid dienone is 4. The van der Waals surface area contributed by atoms with Gasteiger partial charge in [0, 0.05) is 28.9 Å². The minimum atomic E-state index is -0.363. The van der Waals surface area contributed by atoms with E-state index in [0.29, 0.717) is 24.3 Å². The summed E-state index contributed by atoms with van der Waals surface area (Å²) < 4.78 is 8.44. The van der Waals surface area contributed by atoms with Crippen molar-refractivity contribution < 1.29 is 9.53 Å². The maximum absolute atomic E-state index is 12.7. The standard InChI is InChI=1S/C25H24N2O2S/c1-4-21-20(15-26)22(23(27(21)3)25(28)29-5-2)17-11-9-16(10-12-17)19-8-6-7-18-13-14-30-24(18)19/h6-11,13-14,17H,4-5,12H2,1-3H3. The first-order valence-electron chi connectivity index (χ1n) is 10.2.